The van der Waals surface area contributed by atoms with Crippen LogP contribution in [0.4, 0.5) is 0 Å². The molecular formula is C25H22O15. The third-order valence-electron chi connectivity index (χ3n) is 5.85. The topological polar surface area (TPSA) is 240 Å². The number of phenolic OH excluding ortho intramolecular Hbond substituents is 2. The number of fused-ring (bicyclic) bond motifs is 1. The van der Waals surface area contributed by atoms with Crippen molar-refractivity contribution in [1.29, 1.82) is 0 Å². The Kier molecular flexibility index (Phi) is 7.81. The van der Waals surface area contributed by atoms with Crippen molar-refractivity contribution >= 4 is 28.9 Å². The van der Waals surface area contributed by atoms with Gasteiger partial charge in [-0.1, -0.05) is 0 Å². The van der Waals surface area contributed by atoms with Crippen LogP contribution in [0.25, 0.3) is 22.3 Å². The number of aliphatic hydroxyl groups is 2. The average Bonchev–Trinajstić information content (AvgIpc) is 2.87. The number of carboxylic acid groups (broad SMARTS) is 2. The number of hydrogen-bond acceptors (Lipinski definition) is 13. The lowest BCUT2D eigenvalue weighted by Crippen LogP contribution is -2.62. The minimum Gasteiger partial charge on any atom is -0.507 e. The van der Waals surface area contributed by atoms with E-state index in [-0.39, 0.29) is 39.5 Å². The Labute approximate surface area is 222 Å². The predicted molar refractivity (Wildman–Crippen MR) is 129 cm³/mol. The zero-order valence-electron chi connectivity index (χ0n) is 20.4. The fourth-order valence-electron chi connectivity index (χ4n) is 4.01. The summed E-state index contributed by atoms with van der Waals surface area (Å²) in [6.07, 6.45) is -11.2. The predicted octanol–water partition coefficient (Wildman–Crippen LogP) is 0.176. The molecular weight excluding hydrogens is 540 g/mol. The number of benzene rings is 2. The second-order valence-corrected chi connectivity index (χ2v) is 8.56. The Hall–Kier alpha value is -4.86. The van der Waals surface area contributed by atoms with E-state index in [4.69, 9.17) is 28.5 Å². The number of carbonyl (C=O) groups is 3. The Bertz CT molecular complexity index is 1530. The van der Waals surface area contributed by atoms with Crippen LogP contribution in [0.5, 0.6) is 23.0 Å². The van der Waals surface area contributed by atoms with Crippen molar-refractivity contribution in [1.82, 2.24) is 0 Å². The van der Waals surface area contributed by atoms with E-state index in [0.29, 0.717) is 0 Å². The van der Waals surface area contributed by atoms with Crippen LogP contribution in [0, 0.1) is 0 Å². The van der Waals surface area contributed by atoms with Gasteiger partial charge in [0.25, 0.3) is 0 Å². The third-order valence-corrected chi connectivity index (χ3v) is 5.85. The molecule has 1 fully saturated rings. The number of methoxy groups -OCH3 is 1. The summed E-state index contributed by atoms with van der Waals surface area (Å²) in [5.41, 5.74) is -0.626. The molecule has 15 heteroatoms. The van der Waals surface area contributed by atoms with E-state index in [1.807, 2.05) is 0 Å². The number of carboxylic acids is 2. The van der Waals surface area contributed by atoms with Gasteiger partial charge < -0.3 is 54.0 Å². The molecule has 1 saturated heterocycles. The molecule has 1 aromatic heterocycles. The number of aromatic hydroxyl groups is 2. The van der Waals surface area contributed by atoms with Gasteiger partial charge >= 0.3 is 17.9 Å². The van der Waals surface area contributed by atoms with Gasteiger partial charge in [-0.15, -0.1) is 0 Å². The first-order valence-corrected chi connectivity index (χ1v) is 11.4. The third kappa shape index (κ3) is 5.61. The van der Waals surface area contributed by atoms with Crippen LogP contribution in [0.1, 0.15) is 6.42 Å². The van der Waals surface area contributed by atoms with Gasteiger partial charge in [0.1, 0.15) is 46.9 Å². The first-order valence-electron chi connectivity index (χ1n) is 11.4. The highest BCUT2D eigenvalue weighted by molar-refractivity contribution is 5.90. The van der Waals surface area contributed by atoms with E-state index in [2.05, 4.69) is 0 Å². The van der Waals surface area contributed by atoms with Crippen LogP contribution >= 0.6 is 0 Å². The average molecular weight is 562 g/mol. The van der Waals surface area contributed by atoms with Crippen molar-refractivity contribution in [2.45, 2.75) is 37.1 Å². The van der Waals surface area contributed by atoms with E-state index in [1.165, 1.54) is 25.3 Å². The molecule has 1 aliphatic heterocycles. The highest BCUT2D eigenvalue weighted by Crippen LogP contribution is 2.35. The first-order chi connectivity index (χ1) is 18.9. The van der Waals surface area contributed by atoms with E-state index in [1.54, 1.807) is 0 Å². The lowest BCUT2D eigenvalue weighted by molar-refractivity contribution is -0.276. The largest absolute Gasteiger partial charge is 0.507 e. The molecule has 0 bridgehead atoms. The fraction of sp³-hybridized carbons (Fsp3) is 0.280. The summed E-state index contributed by atoms with van der Waals surface area (Å²) >= 11 is 0. The molecule has 2 heterocycles. The second-order valence-electron chi connectivity index (χ2n) is 8.56. The summed E-state index contributed by atoms with van der Waals surface area (Å²) < 4.78 is 26.3. The van der Waals surface area contributed by atoms with Crippen molar-refractivity contribution in [3.05, 3.63) is 46.6 Å². The number of carbonyl (C=O) groups excluding carboxylic acids is 1. The first kappa shape index (κ1) is 28.2. The summed E-state index contributed by atoms with van der Waals surface area (Å²) in [6, 6.07) is 7.31. The molecule has 0 radical (unpaired) electrons. The Morgan fingerprint density at radius 2 is 1.70 bits per heavy atom. The number of esters is 1. The minimum absolute atomic E-state index is 0.0223. The van der Waals surface area contributed by atoms with E-state index in [0.717, 1.165) is 18.2 Å². The van der Waals surface area contributed by atoms with Gasteiger partial charge in [-0.3, -0.25) is 14.4 Å². The zero-order valence-corrected chi connectivity index (χ0v) is 20.4. The van der Waals surface area contributed by atoms with Crippen LogP contribution in [0.3, 0.4) is 0 Å². The normalized spacial score (nSPS) is 22.4. The fourth-order valence-corrected chi connectivity index (χ4v) is 4.01. The zero-order chi connectivity index (χ0) is 29.3. The van der Waals surface area contributed by atoms with Gasteiger partial charge in [-0.25, -0.2) is 4.79 Å². The summed E-state index contributed by atoms with van der Waals surface area (Å²) in [7, 11) is 1.35. The molecule has 0 spiro atoms. The smallest absolute Gasteiger partial charge is 0.335 e. The monoisotopic (exact) mass is 562 g/mol. The van der Waals surface area contributed by atoms with Gasteiger partial charge in [-0.05, 0) is 18.2 Å². The Morgan fingerprint density at radius 1 is 0.975 bits per heavy atom. The molecule has 5 atom stereocenters. The summed E-state index contributed by atoms with van der Waals surface area (Å²) in [5, 5.41) is 59.1. The molecule has 1 aliphatic rings. The van der Waals surface area contributed by atoms with Crippen molar-refractivity contribution in [3.63, 3.8) is 0 Å². The van der Waals surface area contributed by atoms with Gasteiger partial charge in [-0.2, -0.15) is 0 Å². The van der Waals surface area contributed by atoms with Crippen molar-refractivity contribution in [2.75, 3.05) is 7.11 Å². The summed E-state index contributed by atoms with van der Waals surface area (Å²) in [6.45, 7) is 0. The van der Waals surface area contributed by atoms with E-state index in [9.17, 15) is 44.7 Å². The number of phenols is 2. The molecule has 15 nitrogen and oxygen atoms in total. The lowest BCUT2D eigenvalue weighted by Gasteiger charge is -2.40. The molecule has 5 unspecified atom stereocenters. The van der Waals surface area contributed by atoms with Crippen LogP contribution in [-0.2, 0) is 23.9 Å². The molecule has 2 aromatic carbocycles. The minimum atomic E-state index is -2.09. The molecule has 212 valence electrons. The standard InChI is InChI=1S/C25H22O15/c1-36-14-3-2-9(4-11(14)26)15-7-13(28)19-12(27)5-10(6-16(19)38-15)37-25-23(39-18(31)8-17(29)30)21(33)20(32)22(40-25)24(34)35/h2-7,20-23,25-27,32-33H,8H2,1H3,(H,29,30)(H,34,35). The molecule has 4 rings (SSSR count). The number of aliphatic hydroxyl groups excluding tert-OH is 2. The number of rotatable bonds is 8. The molecule has 6 N–H and O–H groups in total. The quantitative estimate of drug-likeness (QED) is 0.158. The van der Waals surface area contributed by atoms with Crippen LogP contribution < -0.4 is 14.9 Å². The number of aliphatic carboxylic acids is 2. The van der Waals surface area contributed by atoms with Gasteiger partial charge in [0.2, 0.25) is 6.29 Å². The number of ether oxygens (including phenoxy) is 4. The molecule has 0 aliphatic carbocycles. The highest BCUT2D eigenvalue weighted by atomic mass is 16.7. The Morgan fingerprint density at radius 3 is 2.33 bits per heavy atom. The van der Waals surface area contributed by atoms with Gasteiger partial charge in [0.15, 0.2) is 29.1 Å². The summed E-state index contributed by atoms with van der Waals surface area (Å²) in [5.74, 6) is -5.66. The van der Waals surface area contributed by atoms with Crippen molar-refractivity contribution < 1.29 is 68.4 Å². The van der Waals surface area contributed by atoms with Gasteiger partial charge in [0, 0.05) is 23.8 Å². The molecule has 0 amide bonds. The van der Waals surface area contributed by atoms with Gasteiger partial charge in [0.05, 0.1) is 7.11 Å². The SMILES string of the molecule is COc1ccc(-c2cc(=O)c3c(O)cc(OC4OC(C(=O)O)C(O)C(O)C4OC(=O)CC(=O)O)cc3o2)cc1O. The maximum atomic E-state index is 12.8. The highest BCUT2D eigenvalue weighted by Gasteiger charge is 2.51. The molecule has 0 saturated carbocycles. The second kappa shape index (κ2) is 11.1. The Balaban J connectivity index is 1.72. The summed E-state index contributed by atoms with van der Waals surface area (Å²) in [4.78, 5) is 47.1. The van der Waals surface area contributed by atoms with Crippen molar-refractivity contribution in [2.24, 2.45) is 0 Å². The van der Waals surface area contributed by atoms with Crippen LogP contribution in [0.15, 0.2) is 45.6 Å². The molecule has 3 aromatic rings. The molecule has 40 heavy (non-hydrogen) atoms. The van der Waals surface area contributed by atoms with E-state index >= 15 is 0 Å². The maximum Gasteiger partial charge on any atom is 0.335 e. The lowest BCUT2D eigenvalue weighted by atomic mass is 9.98. The van der Waals surface area contributed by atoms with Crippen molar-refractivity contribution in [3.8, 4) is 34.3 Å². The van der Waals surface area contributed by atoms with E-state index < -0.39 is 66.2 Å². The maximum absolute atomic E-state index is 12.8. The number of hydrogen-bond donors (Lipinski definition) is 6. The van der Waals surface area contributed by atoms with Crippen LogP contribution in [-0.4, -0.2) is 86.4 Å². The van der Waals surface area contributed by atoms with Crippen LogP contribution in [0.2, 0.25) is 0 Å².